The van der Waals surface area contributed by atoms with Crippen LogP contribution in [-0.2, 0) is 5.75 Å². The minimum absolute atomic E-state index is 0.795. The molecule has 4 heteroatoms. The summed E-state index contributed by atoms with van der Waals surface area (Å²) in [5.74, 6) is 1.76. The summed E-state index contributed by atoms with van der Waals surface area (Å²) in [7, 11) is 0. The molecule has 0 amide bonds. The van der Waals surface area contributed by atoms with E-state index in [0.717, 1.165) is 22.9 Å². The van der Waals surface area contributed by atoms with Crippen LogP contribution in [0.1, 0.15) is 17.0 Å². The van der Waals surface area contributed by atoms with Crippen molar-refractivity contribution >= 4 is 17.4 Å². The molecule has 16 heavy (non-hydrogen) atoms. The molecule has 0 saturated carbocycles. The monoisotopic (exact) mass is 234 g/mol. The molecule has 1 aromatic carbocycles. The molecule has 0 fully saturated rings. The zero-order valence-electron chi connectivity index (χ0n) is 9.36. The van der Waals surface area contributed by atoms with Gasteiger partial charge in [-0.3, -0.25) is 0 Å². The molecule has 0 radical (unpaired) electrons. The van der Waals surface area contributed by atoms with Crippen LogP contribution in [0.2, 0.25) is 0 Å². The Labute approximate surface area is 99.0 Å². The maximum absolute atomic E-state index is 5.72. The number of aromatic nitrogens is 1. The Hall–Kier alpha value is -1.42. The normalized spacial score (nSPS) is 10.6. The highest BCUT2D eigenvalue weighted by Crippen LogP contribution is 2.26. The maximum Gasteiger partial charge on any atom is 0.137 e. The van der Waals surface area contributed by atoms with Gasteiger partial charge in [-0.15, -0.1) is 11.8 Å². The van der Waals surface area contributed by atoms with Gasteiger partial charge in [0.2, 0.25) is 0 Å². The summed E-state index contributed by atoms with van der Waals surface area (Å²) >= 11 is 1.74. The van der Waals surface area contributed by atoms with Crippen molar-refractivity contribution in [1.82, 2.24) is 5.16 Å². The number of rotatable bonds is 3. The molecule has 0 bridgehead atoms. The molecule has 84 valence electrons. The second-order valence-electron chi connectivity index (χ2n) is 3.66. The predicted molar refractivity (Wildman–Crippen MR) is 66.4 cm³/mol. The SMILES string of the molecule is Cc1noc(C)c1CSc1cccc(N)c1. The Morgan fingerprint density at radius 1 is 1.38 bits per heavy atom. The van der Waals surface area contributed by atoms with Gasteiger partial charge in [-0.2, -0.15) is 0 Å². The number of hydrogen-bond donors (Lipinski definition) is 1. The molecule has 0 aliphatic heterocycles. The Morgan fingerprint density at radius 2 is 2.19 bits per heavy atom. The molecule has 0 atom stereocenters. The van der Waals surface area contributed by atoms with Crippen LogP contribution >= 0.6 is 11.8 Å². The molecule has 0 saturated heterocycles. The fraction of sp³-hybridized carbons (Fsp3) is 0.250. The molecule has 0 aliphatic carbocycles. The van der Waals surface area contributed by atoms with Gasteiger partial charge in [0.25, 0.3) is 0 Å². The second kappa shape index (κ2) is 4.61. The van der Waals surface area contributed by atoms with Gasteiger partial charge in [-0.1, -0.05) is 11.2 Å². The summed E-state index contributed by atoms with van der Waals surface area (Å²) in [5, 5.41) is 3.93. The van der Waals surface area contributed by atoms with Gasteiger partial charge in [-0.25, -0.2) is 0 Å². The van der Waals surface area contributed by atoms with Crippen molar-refractivity contribution in [2.75, 3.05) is 5.73 Å². The van der Waals surface area contributed by atoms with E-state index in [1.807, 2.05) is 32.0 Å². The lowest BCUT2D eigenvalue weighted by atomic mass is 10.2. The van der Waals surface area contributed by atoms with E-state index in [1.54, 1.807) is 11.8 Å². The molecule has 0 aliphatic rings. The molecule has 0 unspecified atom stereocenters. The number of nitrogen functional groups attached to an aromatic ring is 1. The number of aryl methyl sites for hydroxylation is 2. The van der Waals surface area contributed by atoms with Gasteiger partial charge in [0.05, 0.1) is 5.69 Å². The van der Waals surface area contributed by atoms with E-state index in [1.165, 1.54) is 10.5 Å². The quantitative estimate of drug-likeness (QED) is 0.654. The third-order valence-electron chi connectivity index (χ3n) is 2.42. The molecule has 2 rings (SSSR count). The van der Waals surface area contributed by atoms with Crippen molar-refractivity contribution in [2.24, 2.45) is 0 Å². The van der Waals surface area contributed by atoms with Crippen molar-refractivity contribution in [2.45, 2.75) is 24.5 Å². The van der Waals surface area contributed by atoms with Crippen molar-refractivity contribution in [3.8, 4) is 0 Å². The van der Waals surface area contributed by atoms with Crippen LogP contribution in [0.5, 0.6) is 0 Å². The molecular weight excluding hydrogens is 220 g/mol. The largest absolute Gasteiger partial charge is 0.399 e. The van der Waals surface area contributed by atoms with Crippen LogP contribution in [0.3, 0.4) is 0 Å². The third kappa shape index (κ3) is 2.39. The van der Waals surface area contributed by atoms with Gasteiger partial charge in [0.1, 0.15) is 5.76 Å². The smallest absolute Gasteiger partial charge is 0.137 e. The zero-order chi connectivity index (χ0) is 11.5. The Balaban J connectivity index is 2.08. The summed E-state index contributed by atoms with van der Waals surface area (Å²) in [4.78, 5) is 1.17. The Bertz CT molecular complexity index is 474. The van der Waals surface area contributed by atoms with E-state index in [-0.39, 0.29) is 0 Å². The van der Waals surface area contributed by atoms with Crippen LogP contribution < -0.4 is 5.73 Å². The molecule has 1 heterocycles. The first-order valence-electron chi connectivity index (χ1n) is 5.07. The molecule has 0 spiro atoms. The fourth-order valence-electron chi connectivity index (χ4n) is 1.47. The van der Waals surface area contributed by atoms with E-state index in [0.29, 0.717) is 0 Å². The first-order chi connectivity index (χ1) is 7.66. The van der Waals surface area contributed by atoms with Crippen molar-refractivity contribution in [3.63, 3.8) is 0 Å². The van der Waals surface area contributed by atoms with Gasteiger partial charge in [-0.05, 0) is 32.0 Å². The lowest BCUT2D eigenvalue weighted by Gasteiger charge is -2.02. The third-order valence-corrected chi connectivity index (χ3v) is 3.44. The number of hydrogen-bond acceptors (Lipinski definition) is 4. The highest BCUT2D eigenvalue weighted by atomic mass is 32.2. The van der Waals surface area contributed by atoms with Crippen LogP contribution in [0, 0.1) is 13.8 Å². The number of anilines is 1. The fourth-order valence-corrected chi connectivity index (χ4v) is 2.59. The van der Waals surface area contributed by atoms with E-state index in [2.05, 4.69) is 11.2 Å². The van der Waals surface area contributed by atoms with E-state index >= 15 is 0 Å². The zero-order valence-corrected chi connectivity index (χ0v) is 10.2. The molecule has 1 aromatic heterocycles. The number of benzene rings is 1. The van der Waals surface area contributed by atoms with Crippen molar-refractivity contribution < 1.29 is 4.52 Å². The predicted octanol–water partition coefficient (Wildman–Crippen LogP) is 3.17. The minimum atomic E-state index is 0.795. The lowest BCUT2D eigenvalue weighted by Crippen LogP contribution is -1.86. The van der Waals surface area contributed by atoms with Gasteiger partial charge < -0.3 is 10.3 Å². The van der Waals surface area contributed by atoms with Gasteiger partial charge in [0.15, 0.2) is 0 Å². The van der Waals surface area contributed by atoms with Crippen molar-refractivity contribution in [3.05, 3.63) is 41.3 Å². The van der Waals surface area contributed by atoms with E-state index in [9.17, 15) is 0 Å². The Morgan fingerprint density at radius 3 is 2.81 bits per heavy atom. The lowest BCUT2D eigenvalue weighted by molar-refractivity contribution is 0.392. The average molecular weight is 234 g/mol. The maximum atomic E-state index is 5.72. The average Bonchev–Trinajstić information content (AvgIpc) is 2.56. The van der Waals surface area contributed by atoms with E-state index in [4.69, 9.17) is 10.3 Å². The molecule has 3 nitrogen and oxygen atoms in total. The molecule has 2 N–H and O–H groups in total. The molecular formula is C12H14N2OS. The van der Waals surface area contributed by atoms with Crippen LogP contribution in [0.25, 0.3) is 0 Å². The number of thioether (sulfide) groups is 1. The van der Waals surface area contributed by atoms with Gasteiger partial charge >= 0.3 is 0 Å². The highest BCUT2D eigenvalue weighted by Gasteiger charge is 2.08. The summed E-state index contributed by atoms with van der Waals surface area (Å²) < 4.78 is 5.12. The summed E-state index contributed by atoms with van der Waals surface area (Å²) in [6.45, 7) is 3.90. The van der Waals surface area contributed by atoms with Crippen molar-refractivity contribution in [1.29, 1.82) is 0 Å². The van der Waals surface area contributed by atoms with Crippen LogP contribution in [0.15, 0.2) is 33.7 Å². The summed E-state index contributed by atoms with van der Waals surface area (Å²) in [6.07, 6.45) is 0. The topological polar surface area (TPSA) is 52.0 Å². The Kier molecular flexibility index (Phi) is 3.19. The number of nitrogens with two attached hydrogens (primary N) is 1. The summed E-state index contributed by atoms with van der Waals surface area (Å²) in [6, 6.07) is 7.88. The van der Waals surface area contributed by atoms with E-state index < -0.39 is 0 Å². The first-order valence-corrected chi connectivity index (χ1v) is 6.05. The summed E-state index contributed by atoms with van der Waals surface area (Å²) in [5.41, 5.74) is 8.66. The van der Waals surface area contributed by atoms with Crippen LogP contribution in [0.4, 0.5) is 5.69 Å². The number of nitrogens with zero attached hydrogens (tertiary/aromatic N) is 1. The minimum Gasteiger partial charge on any atom is -0.399 e. The second-order valence-corrected chi connectivity index (χ2v) is 4.71. The first kappa shape index (κ1) is 11.1. The van der Waals surface area contributed by atoms with Gasteiger partial charge in [0, 0.05) is 21.9 Å². The standard InChI is InChI=1S/C12H14N2OS/c1-8-12(9(2)15-14-8)7-16-11-5-3-4-10(13)6-11/h3-6H,7,13H2,1-2H3. The van der Waals surface area contributed by atoms with Crippen LogP contribution in [-0.4, -0.2) is 5.16 Å². The molecule has 2 aromatic rings. The highest BCUT2D eigenvalue weighted by molar-refractivity contribution is 7.98.